The molecule has 2 aromatic rings. The number of fused-ring (bicyclic) bond motifs is 3. The molecule has 0 bridgehead atoms. The van der Waals surface area contributed by atoms with Gasteiger partial charge in [-0.3, -0.25) is 0 Å². The van der Waals surface area contributed by atoms with Crippen molar-refractivity contribution in [1.29, 1.82) is 0 Å². The number of rotatable bonds is 1. The van der Waals surface area contributed by atoms with E-state index in [-0.39, 0.29) is 5.76 Å². The van der Waals surface area contributed by atoms with Gasteiger partial charge in [0.15, 0.2) is 0 Å². The summed E-state index contributed by atoms with van der Waals surface area (Å²) >= 11 is 0. The van der Waals surface area contributed by atoms with Crippen molar-refractivity contribution in [3.8, 4) is 0 Å². The summed E-state index contributed by atoms with van der Waals surface area (Å²) in [6.07, 6.45) is 2.46. The Morgan fingerprint density at radius 3 is 3.19 bits per heavy atom. The third-order valence-corrected chi connectivity index (χ3v) is 2.73. The number of aromatic carboxylic acids is 1. The minimum absolute atomic E-state index is 0.0672. The second-order valence-corrected chi connectivity index (χ2v) is 3.70. The second kappa shape index (κ2) is 3.31. The molecule has 0 atom stereocenters. The molecule has 0 fully saturated rings. The summed E-state index contributed by atoms with van der Waals surface area (Å²) in [5.41, 5.74) is 2.49. The fraction of sp³-hybridized carbons (Fsp3) is 0.273. The monoisotopic (exact) mass is 219 g/mol. The molecule has 0 aliphatic carbocycles. The predicted molar refractivity (Wildman–Crippen MR) is 54.3 cm³/mol. The molecule has 5 nitrogen and oxygen atoms in total. The lowest BCUT2D eigenvalue weighted by Gasteiger charge is -2.15. The van der Waals surface area contributed by atoms with E-state index in [1.165, 1.54) is 6.07 Å². The van der Waals surface area contributed by atoms with Crippen LogP contribution in [0.25, 0.3) is 11.1 Å². The summed E-state index contributed by atoms with van der Waals surface area (Å²) in [6.45, 7) is 1.19. The van der Waals surface area contributed by atoms with Crippen molar-refractivity contribution in [3.63, 3.8) is 0 Å². The maximum absolute atomic E-state index is 10.8. The number of hydrogen-bond donors (Lipinski definition) is 1. The van der Waals surface area contributed by atoms with E-state index < -0.39 is 5.97 Å². The van der Waals surface area contributed by atoms with Crippen LogP contribution in [-0.2, 0) is 17.8 Å². The SMILES string of the molecule is O=C(O)c1cc2c3c(cnc2o1)COCC3. The van der Waals surface area contributed by atoms with E-state index in [0.717, 1.165) is 22.9 Å². The zero-order valence-corrected chi connectivity index (χ0v) is 8.40. The molecule has 3 heterocycles. The van der Waals surface area contributed by atoms with Crippen LogP contribution in [0.5, 0.6) is 0 Å². The van der Waals surface area contributed by atoms with Crippen molar-refractivity contribution in [2.75, 3.05) is 6.61 Å². The molecular weight excluding hydrogens is 210 g/mol. The van der Waals surface area contributed by atoms with Gasteiger partial charge in [0, 0.05) is 23.2 Å². The first-order valence-corrected chi connectivity index (χ1v) is 4.97. The Kier molecular flexibility index (Phi) is 1.94. The normalized spacial score (nSPS) is 15.0. The average Bonchev–Trinajstić information content (AvgIpc) is 2.73. The number of carboxylic acid groups (broad SMARTS) is 1. The molecule has 82 valence electrons. The molecule has 1 aliphatic heterocycles. The van der Waals surface area contributed by atoms with E-state index in [4.69, 9.17) is 14.3 Å². The Balaban J connectivity index is 2.26. The molecule has 0 aromatic carbocycles. The molecule has 5 heteroatoms. The molecule has 0 saturated carbocycles. The van der Waals surface area contributed by atoms with Crippen LogP contribution >= 0.6 is 0 Å². The number of ether oxygens (including phenoxy) is 1. The standard InChI is InChI=1S/C11H9NO4/c13-11(14)9-3-8-7-1-2-15-5-6(7)4-12-10(8)16-9/h3-4H,1-2,5H2,(H,13,14). The molecular formula is C11H9NO4. The van der Waals surface area contributed by atoms with E-state index >= 15 is 0 Å². The maximum Gasteiger partial charge on any atom is 0.371 e. The van der Waals surface area contributed by atoms with Crippen LogP contribution in [0.4, 0.5) is 0 Å². The van der Waals surface area contributed by atoms with E-state index in [9.17, 15) is 4.79 Å². The smallest absolute Gasteiger partial charge is 0.371 e. The van der Waals surface area contributed by atoms with Crippen LogP contribution in [0.2, 0.25) is 0 Å². The summed E-state index contributed by atoms with van der Waals surface area (Å²) in [7, 11) is 0. The number of aromatic nitrogens is 1. The van der Waals surface area contributed by atoms with Crippen LogP contribution in [0.3, 0.4) is 0 Å². The summed E-state index contributed by atoms with van der Waals surface area (Å²) in [5, 5.41) is 9.63. The van der Waals surface area contributed by atoms with Gasteiger partial charge < -0.3 is 14.3 Å². The molecule has 1 N–H and O–H groups in total. The van der Waals surface area contributed by atoms with Gasteiger partial charge in [0.25, 0.3) is 0 Å². The Hall–Kier alpha value is -1.88. The third kappa shape index (κ3) is 1.29. The molecule has 0 unspecified atom stereocenters. The van der Waals surface area contributed by atoms with Crippen LogP contribution in [0.1, 0.15) is 21.7 Å². The topological polar surface area (TPSA) is 72.6 Å². The lowest BCUT2D eigenvalue weighted by atomic mass is 10.0. The molecule has 3 rings (SSSR count). The fourth-order valence-electron chi connectivity index (χ4n) is 1.96. The molecule has 16 heavy (non-hydrogen) atoms. The van der Waals surface area contributed by atoms with Crippen molar-refractivity contribution >= 4 is 17.1 Å². The summed E-state index contributed by atoms with van der Waals surface area (Å²) in [6, 6.07) is 1.54. The number of carboxylic acids is 1. The average molecular weight is 219 g/mol. The van der Waals surface area contributed by atoms with Gasteiger partial charge in [-0.05, 0) is 12.0 Å². The summed E-state index contributed by atoms with van der Waals surface area (Å²) in [4.78, 5) is 14.9. The van der Waals surface area contributed by atoms with Gasteiger partial charge in [-0.15, -0.1) is 0 Å². The van der Waals surface area contributed by atoms with Crippen molar-refractivity contribution < 1.29 is 19.1 Å². The third-order valence-electron chi connectivity index (χ3n) is 2.73. The minimum atomic E-state index is -1.07. The maximum atomic E-state index is 10.8. The van der Waals surface area contributed by atoms with Gasteiger partial charge in [0.2, 0.25) is 11.5 Å². The van der Waals surface area contributed by atoms with E-state index in [1.807, 2.05) is 0 Å². The van der Waals surface area contributed by atoms with E-state index in [1.54, 1.807) is 6.20 Å². The fourth-order valence-corrected chi connectivity index (χ4v) is 1.96. The number of furan rings is 1. The predicted octanol–water partition coefficient (Wildman–Crippen LogP) is 1.60. The van der Waals surface area contributed by atoms with Crippen molar-refractivity contribution in [2.45, 2.75) is 13.0 Å². The molecule has 1 aliphatic rings. The first-order valence-electron chi connectivity index (χ1n) is 4.97. The lowest BCUT2D eigenvalue weighted by molar-refractivity contribution is 0.0664. The number of hydrogen-bond acceptors (Lipinski definition) is 4. The quantitative estimate of drug-likeness (QED) is 0.788. The molecule has 0 radical (unpaired) electrons. The molecule has 2 aromatic heterocycles. The Bertz CT molecular complexity index is 573. The lowest BCUT2D eigenvalue weighted by Crippen LogP contribution is -2.10. The molecule has 0 spiro atoms. The number of carbonyl (C=O) groups is 1. The highest BCUT2D eigenvalue weighted by atomic mass is 16.5. The molecule has 0 saturated heterocycles. The van der Waals surface area contributed by atoms with Crippen molar-refractivity contribution in [3.05, 3.63) is 29.2 Å². The van der Waals surface area contributed by atoms with Crippen molar-refractivity contribution in [1.82, 2.24) is 4.98 Å². The second-order valence-electron chi connectivity index (χ2n) is 3.70. The first kappa shape index (κ1) is 9.35. The van der Waals surface area contributed by atoms with Crippen LogP contribution in [0, 0.1) is 0 Å². The minimum Gasteiger partial charge on any atom is -0.475 e. The number of nitrogens with zero attached hydrogens (tertiary/aromatic N) is 1. The zero-order chi connectivity index (χ0) is 11.1. The van der Waals surface area contributed by atoms with Gasteiger partial charge in [0.1, 0.15) is 0 Å². The first-order chi connectivity index (χ1) is 7.75. The Labute approximate surface area is 90.7 Å². The largest absolute Gasteiger partial charge is 0.475 e. The molecule has 0 amide bonds. The van der Waals surface area contributed by atoms with Gasteiger partial charge in [-0.1, -0.05) is 0 Å². The highest BCUT2D eigenvalue weighted by molar-refractivity contribution is 5.91. The zero-order valence-electron chi connectivity index (χ0n) is 8.40. The highest BCUT2D eigenvalue weighted by Gasteiger charge is 2.18. The van der Waals surface area contributed by atoms with E-state index in [2.05, 4.69) is 4.98 Å². The van der Waals surface area contributed by atoms with Crippen LogP contribution in [-0.4, -0.2) is 22.7 Å². The highest BCUT2D eigenvalue weighted by Crippen LogP contribution is 2.27. The Morgan fingerprint density at radius 2 is 2.38 bits per heavy atom. The summed E-state index contributed by atoms with van der Waals surface area (Å²) in [5.74, 6) is -1.14. The van der Waals surface area contributed by atoms with E-state index in [0.29, 0.717) is 18.9 Å². The van der Waals surface area contributed by atoms with Crippen molar-refractivity contribution in [2.24, 2.45) is 0 Å². The Morgan fingerprint density at radius 1 is 1.50 bits per heavy atom. The van der Waals surface area contributed by atoms with Crippen LogP contribution in [0.15, 0.2) is 16.7 Å². The van der Waals surface area contributed by atoms with Gasteiger partial charge in [0.05, 0.1) is 13.2 Å². The van der Waals surface area contributed by atoms with Crippen LogP contribution < -0.4 is 0 Å². The van der Waals surface area contributed by atoms with Gasteiger partial charge in [-0.25, -0.2) is 9.78 Å². The number of pyridine rings is 1. The summed E-state index contributed by atoms with van der Waals surface area (Å²) < 4.78 is 10.5. The van der Waals surface area contributed by atoms with Gasteiger partial charge in [-0.2, -0.15) is 0 Å². The van der Waals surface area contributed by atoms with Gasteiger partial charge >= 0.3 is 5.97 Å².